The van der Waals surface area contributed by atoms with E-state index in [1.54, 1.807) is 0 Å². The Bertz CT molecular complexity index is 306. The van der Waals surface area contributed by atoms with Crippen LogP contribution in [0.25, 0.3) is 0 Å². The summed E-state index contributed by atoms with van der Waals surface area (Å²) in [6.45, 7) is 6.72. The molecule has 0 radical (unpaired) electrons. The molecule has 148 valence electrons. The van der Waals surface area contributed by atoms with Crippen LogP contribution in [0, 0.1) is 0 Å². The standard InChI is InChI=1S/C22H44N2S/c1-3-5-6-7-8-9-10-11-12-13-14-15-16-17-20-25-22-24-19-18-23(4-2)21-24/h18-19H,3-17,20-22H2,1-2H3. The summed E-state index contributed by atoms with van der Waals surface area (Å²) in [6, 6.07) is 0. The monoisotopic (exact) mass is 368 g/mol. The zero-order valence-corrected chi connectivity index (χ0v) is 18.0. The molecule has 0 aromatic rings. The summed E-state index contributed by atoms with van der Waals surface area (Å²) in [4.78, 5) is 4.77. The Kier molecular flexibility index (Phi) is 15.6. The van der Waals surface area contributed by atoms with Gasteiger partial charge in [0.15, 0.2) is 0 Å². The number of nitrogens with zero attached hydrogens (tertiary/aromatic N) is 2. The van der Waals surface area contributed by atoms with E-state index in [0.717, 1.165) is 19.1 Å². The van der Waals surface area contributed by atoms with Gasteiger partial charge >= 0.3 is 0 Å². The van der Waals surface area contributed by atoms with E-state index in [1.165, 1.54) is 95.6 Å². The summed E-state index contributed by atoms with van der Waals surface area (Å²) < 4.78 is 0. The SMILES string of the molecule is CCCCCCCCCCCCCCCCSCN1C=CN(CC)C1. The molecule has 0 N–H and O–H groups in total. The Labute approximate surface area is 162 Å². The van der Waals surface area contributed by atoms with E-state index in [9.17, 15) is 0 Å². The highest BCUT2D eigenvalue weighted by molar-refractivity contribution is 7.99. The Hall–Kier alpha value is -0.310. The summed E-state index contributed by atoms with van der Waals surface area (Å²) in [5.74, 6) is 2.49. The number of hydrogen-bond donors (Lipinski definition) is 0. The van der Waals surface area contributed by atoms with Gasteiger partial charge in [-0.05, 0) is 19.1 Å². The van der Waals surface area contributed by atoms with Crippen LogP contribution in [0.2, 0.25) is 0 Å². The first-order chi connectivity index (χ1) is 12.4. The van der Waals surface area contributed by atoms with Gasteiger partial charge in [0, 0.05) is 18.9 Å². The topological polar surface area (TPSA) is 6.48 Å². The molecule has 2 nitrogen and oxygen atoms in total. The molecule has 0 aromatic heterocycles. The van der Waals surface area contributed by atoms with E-state index in [2.05, 4.69) is 47.8 Å². The third-order valence-corrected chi connectivity index (χ3v) is 6.25. The van der Waals surface area contributed by atoms with Gasteiger partial charge in [0.1, 0.15) is 0 Å². The molecule has 25 heavy (non-hydrogen) atoms. The number of thioether (sulfide) groups is 1. The van der Waals surface area contributed by atoms with E-state index < -0.39 is 0 Å². The smallest absolute Gasteiger partial charge is 0.0901 e. The van der Waals surface area contributed by atoms with Gasteiger partial charge in [-0.15, -0.1) is 11.8 Å². The van der Waals surface area contributed by atoms with Crippen molar-refractivity contribution in [3.05, 3.63) is 12.4 Å². The summed E-state index contributed by atoms with van der Waals surface area (Å²) in [6.07, 6.45) is 24.8. The first-order valence-corrected chi connectivity index (χ1v) is 12.3. The summed E-state index contributed by atoms with van der Waals surface area (Å²) in [5.41, 5.74) is 0. The average Bonchev–Trinajstić information content (AvgIpc) is 3.09. The maximum Gasteiger partial charge on any atom is 0.0901 e. The highest BCUT2D eigenvalue weighted by atomic mass is 32.2. The van der Waals surface area contributed by atoms with Crippen LogP contribution >= 0.6 is 11.8 Å². The second-order valence-electron chi connectivity index (χ2n) is 7.57. The van der Waals surface area contributed by atoms with Crippen LogP contribution < -0.4 is 0 Å². The second-order valence-corrected chi connectivity index (χ2v) is 8.64. The quantitative estimate of drug-likeness (QED) is 0.236. The number of unbranched alkanes of at least 4 members (excludes halogenated alkanes) is 13. The molecule has 0 amide bonds. The molecule has 0 unspecified atom stereocenters. The molecule has 1 heterocycles. The van der Waals surface area contributed by atoms with Crippen LogP contribution in [0.3, 0.4) is 0 Å². The molecule has 0 fully saturated rings. The van der Waals surface area contributed by atoms with Gasteiger partial charge in [0.25, 0.3) is 0 Å². The van der Waals surface area contributed by atoms with E-state index in [4.69, 9.17) is 0 Å². The fourth-order valence-electron chi connectivity index (χ4n) is 3.39. The van der Waals surface area contributed by atoms with Crippen LogP contribution in [-0.2, 0) is 0 Å². The predicted molar refractivity (Wildman–Crippen MR) is 116 cm³/mol. The van der Waals surface area contributed by atoms with E-state index >= 15 is 0 Å². The van der Waals surface area contributed by atoms with Gasteiger partial charge in [-0.1, -0.05) is 90.4 Å². The summed E-state index contributed by atoms with van der Waals surface area (Å²) in [7, 11) is 0. The lowest BCUT2D eigenvalue weighted by molar-refractivity contribution is 0.301. The third kappa shape index (κ3) is 13.5. The fraction of sp³-hybridized carbons (Fsp3) is 0.909. The van der Waals surface area contributed by atoms with Crippen molar-refractivity contribution < 1.29 is 0 Å². The number of hydrogen-bond acceptors (Lipinski definition) is 3. The minimum atomic E-state index is 1.09. The van der Waals surface area contributed by atoms with Crippen molar-refractivity contribution in [1.29, 1.82) is 0 Å². The van der Waals surface area contributed by atoms with Gasteiger partial charge in [-0.3, -0.25) is 0 Å². The molecule has 0 spiro atoms. The number of rotatable bonds is 18. The van der Waals surface area contributed by atoms with Crippen molar-refractivity contribution in [1.82, 2.24) is 9.80 Å². The Balaban J connectivity index is 1.69. The minimum Gasteiger partial charge on any atom is -0.359 e. The van der Waals surface area contributed by atoms with Crippen LogP contribution in [0.5, 0.6) is 0 Å². The van der Waals surface area contributed by atoms with E-state index in [1.807, 2.05) is 0 Å². The molecular formula is C22H44N2S. The lowest BCUT2D eigenvalue weighted by Crippen LogP contribution is -2.24. The minimum absolute atomic E-state index is 1.09. The van der Waals surface area contributed by atoms with E-state index in [0.29, 0.717) is 0 Å². The molecule has 0 aliphatic carbocycles. The molecule has 0 bridgehead atoms. The van der Waals surface area contributed by atoms with Gasteiger partial charge in [0.2, 0.25) is 0 Å². The molecule has 1 aliphatic rings. The molecule has 0 saturated carbocycles. The van der Waals surface area contributed by atoms with Crippen LogP contribution in [0.1, 0.15) is 104 Å². The lowest BCUT2D eigenvalue weighted by Gasteiger charge is -2.19. The van der Waals surface area contributed by atoms with Crippen molar-refractivity contribution in [3.8, 4) is 0 Å². The second kappa shape index (κ2) is 17.1. The Morgan fingerprint density at radius 3 is 1.60 bits per heavy atom. The highest BCUT2D eigenvalue weighted by Crippen LogP contribution is 2.15. The lowest BCUT2D eigenvalue weighted by atomic mass is 10.0. The van der Waals surface area contributed by atoms with Crippen LogP contribution in [0.15, 0.2) is 12.4 Å². The van der Waals surface area contributed by atoms with Gasteiger partial charge < -0.3 is 9.80 Å². The third-order valence-electron chi connectivity index (χ3n) is 5.16. The fourth-order valence-corrected chi connectivity index (χ4v) is 4.33. The molecule has 0 aromatic carbocycles. The van der Waals surface area contributed by atoms with Gasteiger partial charge in [0.05, 0.1) is 12.5 Å². The maximum atomic E-state index is 2.41. The molecule has 1 aliphatic heterocycles. The molecule has 3 heteroatoms. The van der Waals surface area contributed by atoms with Crippen molar-refractivity contribution in [2.45, 2.75) is 104 Å². The zero-order valence-electron chi connectivity index (χ0n) is 17.2. The van der Waals surface area contributed by atoms with Crippen molar-refractivity contribution in [3.63, 3.8) is 0 Å². The van der Waals surface area contributed by atoms with Gasteiger partial charge in [-0.25, -0.2) is 0 Å². The maximum absolute atomic E-state index is 2.41. The van der Waals surface area contributed by atoms with Crippen LogP contribution in [-0.4, -0.2) is 34.6 Å². The normalized spacial score (nSPS) is 14.0. The predicted octanol–water partition coefficient (Wildman–Crippen LogP) is 7.22. The molecule has 0 saturated heterocycles. The van der Waals surface area contributed by atoms with Crippen molar-refractivity contribution in [2.24, 2.45) is 0 Å². The largest absolute Gasteiger partial charge is 0.359 e. The van der Waals surface area contributed by atoms with Crippen LogP contribution in [0.4, 0.5) is 0 Å². The van der Waals surface area contributed by atoms with Gasteiger partial charge in [-0.2, -0.15) is 0 Å². The first-order valence-electron chi connectivity index (χ1n) is 11.1. The zero-order chi connectivity index (χ0) is 18.0. The molecular weight excluding hydrogens is 324 g/mol. The molecule has 0 atom stereocenters. The Morgan fingerprint density at radius 1 is 0.640 bits per heavy atom. The molecule has 1 rings (SSSR count). The first kappa shape index (κ1) is 22.7. The highest BCUT2D eigenvalue weighted by Gasteiger charge is 2.09. The average molecular weight is 369 g/mol. The van der Waals surface area contributed by atoms with E-state index in [-0.39, 0.29) is 0 Å². The summed E-state index contributed by atoms with van der Waals surface area (Å²) >= 11 is 2.10. The van der Waals surface area contributed by atoms with Crippen molar-refractivity contribution in [2.75, 3.05) is 24.8 Å². The van der Waals surface area contributed by atoms with Crippen molar-refractivity contribution >= 4 is 11.8 Å². The summed E-state index contributed by atoms with van der Waals surface area (Å²) in [5, 5.41) is 0. The Morgan fingerprint density at radius 2 is 1.12 bits per heavy atom.